The van der Waals surface area contributed by atoms with Crippen molar-refractivity contribution >= 4 is 17.2 Å². The van der Waals surface area contributed by atoms with E-state index in [1.165, 1.54) is 13.3 Å². The third kappa shape index (κ3) is 1.48. The SMILES string of the molecule is COc1ccc2c(c1)c(=O)c(C=O)cn2C. The van der Waals surface area contributed by atoms with E-state index in [9.17, 15) is 9.59 Å². The molecule has 0 aliphatic rings. The second-order valence-electron chi connectivity index (χ2n) is 3.53. The van der Waals surface area contributed by atoms with Crippen LogP contribution in [0.25, 0.3) is 10.9 Å². The smallest absolute Gasteiger partial charge is 0.200 e. The van der Waals surface area contributed by atoms with Crippen LogP contribution in [-0.2, 0) is 7.05 Å². The van der Waals surface area contributed by atoms with Gasteiger partial charge in [-0.15, -0.1) is 0 Å². The molecule has 0 radical (unpaired) electrons. The zero-order chi connectivity index (χ0) is 11.7. The summed E-state index contributed by atoms with van der Waals surface area (Å²) in [6.45, 7) is 0. The van der Waals surface area contributed by atoms with Gasteiger partial charge in [0, 0.05) is 13.2 Å². The van der Waals surface area contributed by atoms with E-state index in [0.29, 0.717) is 17.4 Å². The molecule has 0 atom stereocenters. The van der Waals surface area contributed by atoms with Crippen molar-refractivity contribution in [3.05, 3.63) is 40.2 Å². The van der Waals surface area contributed by atoms with Gasteiger partial charge in [0.05, 0.1) is 23.6 Å². The molecule has 1 heterocycles. The average Bonchev–Trinajstić information content (AvgIpc) is 2.33. The summed E-state index contributed by atoms with van der Waals surface area (Å²) in [6.07, 6.45) is 2.10. The maximum absolute atomic E-state index is 11.9. The molecule has 4 heteroatoms. The van der Waals surface area contributed by atoms with Crippen molar-refractivity contribution < 1.29 is 9.53 Å². The molecule has 0 spiro atoms. The van der Waals surface area contributed by atoms with E-state index < -0.39 is 0 Å². The summed E-state index contributed by atoms with van der Waals surface area (Å²) in [5, 5.41) is 0.492. The second kappa shape index (κ2) is 3.81. The molecule has 0 unspecified atom stereocenters. The Morgan fingerprint density at radius 1 is 1.38 bits per heavy atom. The Balaban J connectivity index is 2.91. The number of rotatable bonds is 2. The Morgan fingerprint density at radius 2 is 2.12 bits per heavy atom. The number of hydrogen-bond donors (Lipinski definition) is 0. The van der Waals surface area contributed by atoms with Gasteiger partial charge in [-0.2, -0.15) is 0 Å². The third-order valence-electron chi connectivity index (χ3n) is 2.55. The maximum atomic E-state index is 11.9. The van der Waals surface area contributed by atoms with Crippen molar-refractivity contribution in [1.29, 1.82) is 0 Å². The minimum Gasteiger partial charge on any atom is -0.497 e. The van der Waals surface area contributed by atoms with Crippen LogP contribution in [0.2, 0.25) is 0 Å². The summed E-state index contributed by atoms with van der Waals surface area (Å²) in [7, 11) is 3.33. The zero-order valence-electron chi connectivity index (χ0n) is 9.06. The number of aryl methyl sites for hydroxylation is 1. The van der Waals surface area contributed by atoms with Crippen molar-refractivity contribution in [3.8, 4) is 5.75 Å². The Kier molecular flexibility index (Phi) is 2.48. The highest BCUT2D eigenvalue weighted by atomic mass is 16.5. The first-order valence-electron chi connectivity index (χ1n) is 4.80. The van der Waals surface area contributed by atoms with Crippen LogP contribution in [0.4, 0.5) is 0 Å². The van der Waals surface area contributed by atoms with Gasteiger partial charge in [0.2, 0.25) is 0 Å². The summed E-state index contributed by atoms with van der Waals surface area (Å²) in [5.41, 5.74) is 0.668. The van der Waals surface area contributed by atoms with Crippen LogP contribution >= 0.6 is 0 Å². The Bertz CT molecular complexity index is 613. The Morgan fingerprint density at radius 3 is 2.75 bits per heavy atom. The van der Waals surface area contributed by atoms with Gasteiger partial charge in [0.15, 0.2) is 11.7 Å². The predicted molar refractivity (Wildman–Crippen MR) is 61.1 cm³/mol. The van der Waals surface area contributed by atoms with Crippen molar-refractivity contribution in [3.63, 3.8) is 0 Å². The summed E-state index contributed by atoms with van der Waals surface area (Å²) in [6, 6.07) is 5.22. The molecule has 0 fully saturated rings. The van der Waals surface area contributed by atoms with Crippen molar-refractivity contribution in [2.24, 2.45) is 7.05 Å². The normalized spacial score (nSPS) is 10.4. The summed E-state index contributed by atoms with van der Waals surface area (Å²) >= 11 is 0. The van der Waals surface area contributed by atoms with E-state index in [0.717, 1.165) is 5.52 Å². The lowest BCUT2D eigenvalue weighted by Gasteiger charge is -2.07. The highest BCUT2D eigenvalue weighted by molar-refractivity contribution is 5.86. The van der Waals surface area contributed by atoms with Gasteiger partial charge in [-0.05, 0) is 18.2 Å². The molecule has 2 aromatic rings. The number of aromatic nitrogens is 1. The number of methoxy groups -OCH3 is 1. The summed E-state index contributed by atoms with van der Waals surface area (Å²) in [4.78, 5) is 22.6. The molecular formula is C12H11NO3. The number of pyridine rings is 1. The second-order valence-corrected chi connectivity index (χ2v) is 3.53. The topological polar surface area (TPSA) is 48.3 Å². The fraction of sp³-hybridized carbons (Fsp3) is 0.167. The van der Waals surface area contributed by atoms with Crippen LogP contribution in [0.1, 0.15) is 10.4 Å². The first kappa shape index (κ1) is 10.4. The molecule has 0 N–H and O–H groups in total. The molecule has 82 valence electrons. The summed E-state index contributed by atoms with van der Waals surface area (Å²) in [5.74, 6) is 0.604. The van der Waals surface area contributed by atoms with E-state index in [1.807, 2.05) is 0 Å². The van der Waals surface area contributed by atoms with Gasteiger partial charge in [-0.25, -0.2) is 0 Å². The number of nitrogens with zero attached hydrogens (tertiary/aromatic N) is 1. The number of ether oxygens (including phenoxy) is 1. The molecule has 16 heavy (non-hydrogen) atoms. The standard InChI is InChI=1S/C12H11NO3/c1-13-6-8(7-14)12(15)10-5-9(16-2)3-4-11(10)13/h3-7H,1-2H3. The number of carbonyl (C=O) groups excluding carboxylic acids is 1. The first-order chi connectivity index (χ1) is 7.67. The van der Waals surface area contributed by atoms with Gasteiger partial charge < -0.3 is 9.30 Å². The van der Waals surface area contributed by atoms with E-state index in [1.54, 1.807) is 29.8 Å². The largest absolute Gasteiger partial charge is 0.497 e. The van der Waals surface area contributed by atoms with E-state index >= 15 is 0 Å². The Labute approximate surface area is 92.1 Å². The minimum absolute atomic E-state index is 0.156. The molecule has 1 aromatic heterocycles. The fourth-order valence-corrected chi connectivity index (χ4v) is 1.71. The van der Waals surface area contributed by atoms with E-state index in [4.69, 9.17) is 4.74 Å². The lowest BCUT2D eigenvalue weighted by atomic mass is 10.1. The van der Waals surface area contributed by atoms with Gasteiger partial charge in [0.1, 0.15) is 5.75 Å². The molecule has 0 saturated carbocycles. The number of carbonyl (C=O) groups is 1. The highest BCUT2D eigenvalue weighted by Crippen LogP contribution is 2.17. The van der Waals surface area contributed by atoms with Crippen LogP contribution in [0.5, 0.6) is 5.75 Å². The molecule has 0 saturated heterocycles. The van der Waals surface area contributed by atoms with Gasteiger partial charge >= 0.3 is 0 Å². The maximum Gasteiger partial charge on any atom is 0.200 e. The van der Waals surface area contributed by atoms with Gasteiger partial charge in [0.25, 0.3) is 0 Å². The number of benzene rings is 1. The zero-order valence-corrected chi connectivity index (χ0v) is 9.06. The highest BCUT2D eigenvalue weighted by Gasteiger charge is 2.07. The fourth-order valence-electron chi connectivity index (χ4n) is 1.71. The van der Waals surface area contributed by atoms with Crippen molar-refractivity contribution in [2.45, 2.75) is 0 Å². The lowest BCUT2D eigenvalue weighted by Crippen LogP contribution is -2.12. The first-order valence-corrected chi connectivity index (χ1v) is 4.80. The number of hydrogen-bond acceptors (Lipinski definition) is 3. The monoisotopic (exact) mass is 217 g/mol. The molecule has 0 bridgehead atoms. The summed E-state index contributed by atoms with van der Waals surface area (Å²) < 4.78 is 6.80. The molecule has 4 nitrogen and oxygen atoms in total. The van der Waals surface area contributed by atoms with E-state index in [2.05, 4.69) is 0 Å². The third-order valence-corrected chi connectivity index (χ3v) is 2.55. The number of aldehydes is 1. The molecule has 1 aromatic carbocycles. The quantitative estimate of drug-likeness (QED) is 0.713. The minimum atomic E-state index is -0.262. The molecule has 0 amide bonds. The van der Waals surface area contributed by atoms with Crippen molar-refractivity contribution in [1.82, 2.24) is 4.57 Å². The molecule has 2 rings (SSSR count). The van der Waals surface area contributed by atoms with Crippen LogP contribution in [0.15, 0.2) is 29.2 Å². The van der Waals surface area contributed by atoms with Gasteiger partial charge in [-0.3, -0.25) is 9.59 Å². The molecular weight excluding hydrogens is 206 g/mol. The van der Waals surface area contributed by atoms with Crippen LogP contribution in [-0.4, -0.2) is 18.0 Å². The number of fused-ring (bicyclic) bond motifs is 1. The molecule has 0 aliphatic carbocycles. The van der Waals surface area contributed by atoms with Crippen LogP contribution in [0.3, 0.4) is 0 Å². The van der Waals surface area contributed by atoms with Crippen LogP contribution in [0, 0.1) is 0 Å². The predicted octanol–water partition coefficient (Wildman–Crippen LogP) is 1.36. The Hall–Kier alpha value is -2.10. The van der Waals surface area contributed by atoms with Crippen LogP contribution < -0.4 is 10.2 Å². The lowest BCUT2D eigenvalue weighted by molar-refractivity contribution is 0.112. The van der Waals surface area contributed by atoms with E-state index in [-0.39, 0.29) is 11.0 Å². The van der Waals surface area contributed by atoms with Crippen molar-refractivity contribution in [2.75, 3.05) is 7.11 Å². The molecule has 0 aliphatic heterocycles. The van der Waals surface area contributed by atoms with Gasteiger partial charge in [-0.1, -0.05) is 0 Å². The average molecular weight is 217 g/mol.